The molecule has 1 aliphatic heterocycles. The van der Waals surface area contributed by atoms with Crippen LogP contribution in [0.15, 0.2) is 0 Å². The summed E-state index contributed by atoms with van der Waals surface area (Å²) in [6.45, 7) is 4.81. The molecule has 0 aromatic carbocycles. The van der Waals surface area contributed by atoms with E-state index in [2.05, 4.69) is 12.2 Å². The average molecular weight is 225 g/mol. The van der Waals surface area contributed by atoms with Gasteiger partial charge in [0.1, 0.15) is 0 Å². The van der Waals surface area contributed by atoms with E-state index in [-0.39, 0.29) is 0 Å². The Kier molecular flexibility index (Phi) is 8.88. The highest BCUT2D eigenvalue weighted by atomic mass is 14.8. The van der Waals surface area contributed by atoms with Crippen LogP contribution in [0.1, 0.15) is 77.6 Å². The predicted octanol–water partition coefficient (Wildman–Crippen LogP) is 4.52. The normalized spacial score (nSPS) is 19.3. The first-order valence-electron chi connectivity index (χ1n) is 7.64. The highest BCUT2D eigenvalue weighted by molar-refractivity contribution is 4.65. The molecule has 0 aromatic heterocycles. The highest BCUT2D eigenvalue weighted by Gasteiger charge is 2.10. The molecule has 0 bridgehead atoms. The molecule has 16 heavy (non-hydrogen) atoms. The molecule has 1 saturated heterocycles. The van der Waals surface area contributed by atoms with Crippen molar-refractivity contribution in [3.63, 3.8) is 0 Å². The molecule has 0 aromatic rings. The summed E-state index contributed by atoms with van der Waals surface area (Å²) in [4.78, 5) is 0. The van der Waals surface area contributed by atoms with Crippen molar-refractivity contribution in [2.45, 2.75) is 77.6 Å². The lowest BCUT2D eigenvalue weighted by molar-refractivity contribution is 0.354. The van der Waals surface area contributed by atoms with Crippen molar-refractivity contribution in [3.8, 4) is 0 Å². The molecule has 1 rings (SSSR count). The molecule has 0 unspecified atom stereocenters. The average Bonchev–Trinajstić information content (AvgIpc) is 2.25. The van der Waals surface area contributed by atoms with Gasteiger partial charge in [-0.15, -0.1) is 0 Å². The highest BCUT2D eigenvalue weighted by Crippen LogP contribution is 2.22. The smallest absolute Gasteiger partial charge is 0.00488 e. The first-order chi connectivity index (χ1) is 7.93. The molecular formula is C15H31N. The minimum atomic E-state index is 1.05. The van der Waals surface area contributed by atoms with Crippen molar-refractivity contribution in [1.29, 1.82) is 0 Å². The topological polar surface area (TPSA) is 12.0 Å². The number of nitrogens with one attached hydrogen (secondary N) is 1. The molecule has 0 saturated carbocycles. The van der Waals surface area contributed by atoms with E-state index in [4.69, 9.17) is 0 Å². The van der Waals surface area contributed by atoms with Crippen molar-refractivity contribution in [1.82, 2.24) is 5.32 Å². The minimum absolute atomic E-state index is 1.05. The molecular weight excluding hydrogens is 194 g/mol. The zero-order valence-electron chi connectivity index (χ0n) is 11.3. The molecule has 0 atom stereocenters. The van der Waals surface area contributed by atoms with Gasteiger partial charge in [0.2, 0.25) is 0 Å². The maximum Gasteiger partial charge on any atom is -0.00488 e. The Bertz CT molecular complexity index is 136. The van der Waals surface area contributed by atoms with Gasteiger partial charge in [-0.05, 0) is 44.7 Å². The Morgan fingerprint density at radius 2 is 1.50 bits per heavy atom. The zero-order valence-corrected chi connectivity index (χ0v) is 11.3. The second-order valence-corrected chi connectivity index (χ2v) is 5.46. The second kappa shape index (κ2) is 10.1. The lowest BCUT2D eigenvalue weighted by Gasteiger charge is -2.20. The molecule has 1 aliphatic rings. The molecule has 1 heterocycles. The van der Waals surface area contributed by atoms with E-state index < -0.39 is 0 Å². The molecule has 0 aliphatic carbocycles. The first-order valence-corrected chi connectivity index (χ1v) is 7.64. The van der Waals surface area contributed by atoms with Gasteiger partial charge in [-0.25, -0.2) is 0 Å². The number of hydrogen-bond acceptors (Lipinski definition) is 1. The van der Waals surface area contributed by atoms with Gasteiger partial charge in [0.15, 0.2) is 0 Å². The summed E-state index contributed by atoms with van der Waals surface area (Å²) in [5.41, 5.74) is 0. The molecule has 96 valence electrons. The number of hydrogen-bond donors (Lipinski definition) is 1. The zero-order chi connectivity index (χ0) is 11.5. The predicted molar refractivity (Wildman–Crippen MR) is 72.8 cm³/mol. The van der Waals surface area contributed by atoms with Gasteiger partial charge in [0.25, 0.3) is 0 Å². The number of unbranched alkanes of at least 4 members (excludes halogenated alkanes) is 5. The van der Waals surface area contributed by atoms with E-state index >= 15 is 0 Å². The Hall–Kier alpha value is -0.0400. The Morgan fingerprint density at radius 3 is 2.19 bits per heavy atom. The van der Waals surface area contributed by atoms with Crippen molar-refractivity contribution < 1.29 is 0 Å². The van der Waals surface area contributed by atoms with Crippen molar-refractivity contribution in [3.05, 3.63) is 0 Å². The van der Waals surface area contributed by atoms with Crippen LogP contribution >= 0.6 is 0 Å². The van der Waals surface area contributed by atoms with E-state index in [1.165, 1.54) is 83.7 Å². The Balaban J connectivity index is 1.93. The lowest BCUT2D eigenvalue weighted by Crippen LogP contribution is -2.21. The quantitative estimate of drug-likeness (QED) is 0.628. The van der Waals surface area contributed by atoms with Gasteiger partial charge >= 0.3 is 0 Å². The first kappa shape index (κ1) is 14.0. The third-order valence-corrected chi connectivity index (χ3v) is 3.90. The fourth-order valence-corrected chi connectivity index (χ4v) is 2.80. The second-order valence-electron chi connectivity index (χ2n) is 5.46. The molecule has 0 spiro atoms. The Morgan fingerprint density at radius 1 is 0.875 bits per heavy atom. The summed E-state index contributed by atoms with van der Waals surface area (Å²) in [6, 6.07) is 0. The fraction of sp³-hybridized carbons (Fsp3) is 1.00. The summed E-state index contributed by atoms with van der Waals surface area (Å²) in [7, 11) is 0. The van der Waals surface area contributed by atoms with Gasteiger partial charge in [-0.1, -0.05) is 51.9 Å². The van der Waals surface area contributed by atoms with Gasteiger partial charge < -0.3 is 5.32 Å². The molecule has 0 amide bonds. The van der Waals surface area contributed by atoms with Crippen LogP contribution in [-0.4, -0.2) is 13.1 Å². The molecule has 1 heteroatoms. The third-order valence-electron chi connectivity index (χ3n) is 3.90. The van der Waals surface area contributed by atoms with E-state index in [0.29, 0.717) is 0 Å². The summed E-state index contributed by atoms with van der Waals surface area (Å²) in [6.07, 6.45) is 16.0. The van der Waals surface area contributed by atoms with E-state index in [1.54, 1.807) is 0 Å². The van der Waals surface area contributed by atoms with Crippen LogP contribution in [0.3, 0.4) is 0 Å². The van der Waals surface area contributed by atoms with Gasteiger partial charge in [0.05, 0.1) is 0 Å². The van der Waals surface area contributed by atoms with Crippen LogP contribution in [0.5, 0.6) is 0 Å². The minimum Gasteiger partial charge on any atom is -0.317 e. The molecule has 0 radical (unpaired) electrons. The Labute approximate surface area is 102 Å². The van der Waals surface area contributed by atoms with E-state index in [0.717, 1.165) is 5.92 Å². The van der Waals surface area contributed by atoms with Crippen LogP contribution in [0.2, 0.25) is 0 Å². The maximum absolute atomic E-state index is 3.50. The van der Waals surface area contributed by atoms with Crippen LogP contribution in [0.25, 0.3) is 0 Å². The summed E-state index contributed by atoms with van der Waals surface area (Å²) >= 11 is 0. The summed E-state index contributed by atoms with van der Waals surface area (Å²) in [5.74, 6) is 1.05. The molecule has 1 fully saturated rings. The van der Waals surface area contributed by atoms with Crippen molar-refractivity contribution in [2.75, 3.05) is 13.1 Å². The van der Waals surface area contributed by atoms with E-state index in [9.17, 15) is 0 Å². The number of rotatable bonds is 7. The van der Waals surface area contributed by atoms with Gasteiger partial charge in [0, 0.05) is 0 Å². The summed E-state index contributed by atoms with van der Waals surface area (Å²) < 4.78 is 0. The SMILES string of the molecule is CCCCCCCCC1CCCNCCC1. The maximum atomic E-state index is 3.50. The van der Waals surface area contributed by atoms with Gasteiger partial charge in [-0.3, -0.25) is 0 Å². The van der Waals surface area contributed by atoms with Crippen molar-refractivity contribution >= 4 is 0 Å². The van der Waals surface area contributed by atoms with Crippen LogP contribution < -0.4 is 5.32 Å². The largest absolute Gasteiger partial charge is 0.317 e. The van der Waals surface area contributed by atoms with Crippen molar-refractivity contribution in [2.24, 2.45) is 5.92 Å². The fourth-order valence-electron chi connectivity index (χ4n) is 2.80. The monoisotopic (exact) mass is 225 g/mol. The van der Waals surface area contributed by atoms with Crippen LogP contribution in [0.4, 0.5) is 0 Å². The standard InChI is InChI=1S/C15H31N/c1-2-3-4-5-6-7-10-15-11-8-13-16-14-9-12-15/h15-16H,2-14H2,1H3. The third kappa shape index (κ3) is 7.27. The lowest BCUT2D eigenvalue weighted by atomic mass is 9.90. The van der Waals surface area contributed by atoms with Crippen LogP contribution in [0, 0.1) is 5.92 Å². The summed E-state index contributed by atoms with van der Waals surface area (Å²) in [5, 5.41) is 3.50. The molecule has 1 nitrogen and oxygen atoms in total. The van der Waals surface area contributed by atoms with Crippen LogP contribution in [-0.2, 0) is 0 Å². The molecule has 1 N–H and O–H groups in total. The van der Waals surface area contributed by atoms with E-state index in [1.807, 2.05) is 0 Å². The van der Waals surface area contributed by atoms with Gasteiger partial charge in [-0.2, -0.15) is 0 Å².